The number of hydrogen-bond acceptors (Lipinski definition) is 2. The van der Waals surface area contributed by atoms with E-state index in [1.165, 1.54) is 44.0 Å². The molecule has 0 unspecified atom stereocenters. The summed E-state index contributed by atoms with van der Waals surface area (Å²) in [6.45, 7) is 0. The molecule has 0 fully saturated rings. The molecule has 0 radical (unpaired) electrons. The van der Waals surface area contributed by atoms with Crippen LogP contribution in [0.4, 0.5) is 17.1 Å². The lowest BCUT2D eigenvalue weighted by Crippen LogP contribution is -2.12. The van der Waals surface area contributed by atoms with Gasteiger partial charge < -0.3 is 9.64 Å². The summed E-state index contributed by atoms with van der Waals surface area (Å²) < 4.78 is 6.45. The minimum absolute atomic E-state index is 0.883. The van der Waals surface area contributed by atoms with E-state index in [0.29, 0.717) is 0 Å². The van der Waals surface area contributed by atoms with E-state index in [0.717, 1.165) is 50.6 Å². The van der Waals surface area contributed by atoms with Crippen LogP contribution in [0, 0.1) is 0 Å². The number of benzene rings is 9. The van der Waals surface area contributed by atoms with Crippen LogP contribution in [0.25, 0.3) is 66.1 Å². The van der Waals surface area contributed by atoms with Crippen molar-refractivity contribution < 1.29 is 4.74 Å². The molecule has 9 aromatic carbocycles. The van der Waals surface area contributed by atoms with Gasteiger partial charge in [0.15, 0.2) is 0 Å². The highest BCUT2D eigenvalue weighted by atomic mass is 16.5. The molecule has 10 rings (SSSR count). The van der Waals surface area contributed by atoms with Gasteiger partial charge in [0.25, 0.3) is 0 Å². The Labute approximate surface area is 303 Å². The van der Waals surface area contributed by atoms with Crippen molar-refractivity contribution >= 4 is 38.6 Å². The van der Waals surface area contributed by atoms with Crippen LogP contribution in [-0.4, -0.2) is 0 Å². The third-order valence-electron chi connectivity index (χ3n) is 10.2. The fourth-order valence-electron chi connectivity index (χ4n) is 7.86. The van der Waals surface area contributed by atoms with E-state index >= 15 is 0 Å². The SMILES string of the molecule is c1ccc(-c2ccccc2N(c2cccc(-c3ccc4c(c3)-c3cccc5cccc(c35)O4)c2)c2ccccc2-c2cccc3ccccc23)cc1. The quantitative estimate of drug-likeness (QED) is 0.176. The molecule has 0 bridgehead atoms. The molecule has 0 N–H and O–H groups in total. The molecule has 0 atom stereocenters. The van der Waals surface area contributed by atoms with Crippen LogP contribution in [-0.2, 0) is 0 Å². The molecule has 1 heterocycles. The minimum Gasteiger partial charge on any atom is -0.456 e. The lowest BCUT2D eigenvalue weighted by atomic mass is 9.92. The maximum Gasteiger partial charge on any atom is 0.135 e. The Bertz CT molecular complexity index is 2770. The second-order valence-corrected chi connectivity index (χ2v) is 13.3. The molecule has 0 aromatic heterocycles. The number of rotatable bonds is 6. The number of ether oxygens (including phenoxy) is 1. The Morgan fingerprint density at radius 2 is 0.923 bits per heavy atom. The molecular formula is C50H33NO. The summed E-state index contributed by atoms with van der Waals surface area (Å²) in [4.78, 5) is 2.43. The van der Waals surface area contributed by atoms with Crippen LogP contribution < -0.4 is 9.64 Å². The Morgan fingerprint density at radius 3 is 1.79 bits per heavy atom. The molecule has 244 valence electrons. The van der Waals surface area contributed by atoms with E-state index in [2.05, 4.69) is 205 Å². The number of fused-ring (bicyclic) bond motifs is 3. The molecule has 0 spiro atoms. The summed E-state index contributed by atoms with van der Waals surface area (Å²) in [5.74, 6) is 1.79. The van der Waals surface area contributed by atoms with E-state index in [9.17, 15) is 0 Å². The largest absolute Gasteiger partial charge is 0.456 e. The molecule has 0 aliphatic carbocycles. The van der Waals surface area contributed by atoms with Gasteiger partial charge in [-0.15, -0.1) is 0 Å². The predicted octanol–water partition coefficient (Wildman–Crippen LogP) is 14.2. The fourth-order valence-corrected chi connectivity index (χ4v) is 7.86. The minimum atomic E-state index is 0.883. The zero-order chi connectivity index (χ0) is 34.4. The number of para-hydroxylation sites is 2. The first-order valence-electron chi connectivity index (χ1n) is 17.8. The highest BCUT2D eigenvalue weighted by Gasteiger charge is 2.23. The molecule has 52 heavy (non-hydrogen) atoms. The number of nitrogens with zero attached hydrogens (tertiary/aromatic N) is 1. The van der Waals surface area contributed by atoms with E-state index < -0.39 is 0 Å². The normalized spacial score (nSPS) is 11.6. The highest BCUT2D eigenvalue weighted by molar-refractivity contribution is 6.05. The first kappa shape index (κ1) is 30.0. The average molecular weight is 664 g/mol. The fraction of sp³-hybridized carbons (Fsp3) is 0. The maximum absolute atomic E-state index is 6.45. The molecular weight excluding hydrogens is 631 g/mol. The van der Waals surface area contributed by atoms with E-state index in [-0.39, 0.29) is 0 Å². The second-order valence-electron chi connectivity index (χ2n) is 13.3. The van der Waals surface area contributed by atoms with Crippen LogP contribution in [0.2, 0.25) is 0 Å². The molecule has 0 saturated heterocycles. The Balaban J connectivity index is 1.17. The third-order valence-corrected chi connectivity index (χ3v) is 10.2. The molecule has 0 amide bonds. The van der Waals surface area contributed by atoms with Gasteiger partial charge in [-0.05, 0) is 86.4 Å². The molecule has 9 aromatic rings. The summed E-state index contributed by atoms with van der Waals surface area (Å²) in [5, 5.41) is 4.81. The predicted molar refractivity (Wildman–Crippen MR) is 218 cm³/mol. The van der Waals surface area contributed by atoms with Gasteiger partial charge in [0.1, 0.15) is 11.5 Å². The van der Waals surface area contributed by atoms with Gasteiger partial charge in [-0.2, -0.15) is 0 Å². The zero-order valence-electron chi connectivity index (χ0n) is 28.4. The summed E-state index contributed by atoms with van der Waals surface area (Å²) in [5.41, 5.74) is 12.6. The van der Waals surface area contributed by atoms with Crippen molar-refractivity contribution in [1.29, 1.82) is 0 Å². The molecule has 0 saturated carbocycles. The van der Waals surface area contributed by atoms with E-state index in [1.54, 1.807) is 0 Å². The second kappa shape index (κ2) is 12.5. The van der Waals surface area contributed by atoms with Crippen molar-refractivity contribution in [3.63, 3.8) is 0 Å². The number of anilines is 3. The first-order valence-corrected chi connectivity index (χ1v) is 17.8. The molecule has 2 heteroatoms. The van der Waals surface area contributed by atoms with E-state index in [1.807, 2.05) is 0 Å². The number of hydrogen-bond donors (Lipinski definition) is 0. The smallest absolute Gasteiger partial charge is 0.135 e. The van der Waals surface area contributed by atoms with Crippen molar-refractivity contribution in [2.45, 2.75) is 0 Å². The van der Waals surface area contributed by atoms with Crippen molar-refractivity contribution in [3.8, 4) is 56.0 Å². The van der Waals surface area contributed by atoms with Crippen LogP contribution in [0.15, 0.2) is 200 Å². The van der Waals surface area contributed by atoms with Crippen LogP contribution >= 0.6 is 0 Å². The van der Waals surface area contributed by atoms with Crippen molar-refractivity contribution in [1.82, 2.24) is 0 Å². The van der Waals surface area contributed by atoms with E-state index in [4.69, 9.17) is 4.74 Å². The summed E-state index contributed by atoms with van der Waals surface area (Å²) in [7, 11) is 0. The lowest BCUT2D eigenvalue weighted by Gasteiger charge is -2.30. The highest BCUT2D eigenvalue weighted by Crippen LogP contribution is 2.49. The summed E-state index contributed by atoms with van der Waals surface area (Å²) in [6, 6.07) is 71.7. The average Bonchev–Trinajstić information content (AvgIpc) is 3.22. The van der Waals surface area contributed by atoms with Crippen molar-refractivity contribution in [2.24, 2.45) is 0 Å². The molecule has 1 aliphatic heterocycles. The Hall–Kier alpha value is -6.90. The van der Waals surface area contributed by atoms with Gasteiger partial charge in [0, 0.05) is 27.8 Å². The first-order chi connectivity index (χ1) is 25.8. The van der Waals surface area contributed by atoms with Crippen LogP contribution in [0.1, 0.15) is 0 Å². The Morgan fingerprint density at radius 1 is 0.327 bits per heavy atom. The summed E-state index contributed by atoms with van der Waals surface area (Å²) >= 11 is 0. The standard InChI is InChI=1S/C50H33NO/c1-2-14-35(15-3-1)41-23-6-8-27-46(41)51(47-28-9-7-24-43(47)42-25-11-17-34-16-4-5-22-40(34)42)39-21-10-20-37(32-39)38-30-31-48-45(33-38)44-26-12-18-36-19-13-29-49(52-48)50(36)44/h1-33H. The van der Waals surface area contributed by atoms with Crippen LogP contribution in [0.5, 0.6) is 11.5 Å². The van der Waals surface area contributed by atoms with Gasteiger partial charge in [0.05, 0.1) is 11.4 Å². The van der Waals surface area contributed by atoms with Gasteiger partial charge in [-0.3, -0.25) is 0 Å². The van der Waals surface area contributed by atoms with Crippen LogP contribution in [0.3, 0.4) is 0 Å². The van der Waals surface area contributed by atoms with Crippen molar-refractivity contribution in [3.05, 3.63) is 200 Å². The maximum atomic E-state index is 6.45. The molecule has 1 aliphatic rings. The van der Waals surface area contributed by atoms with Gasteiger partial charge in [-0.25, -0.2) is 0 Å². The van der Waals surface area contributed by atoms with Crippen molar-refractivity contribution in [2.75, 3.05) is 4.90 Å². The third kappa shape index (κ3) is 5.04. The van der Waals surface area contributed by atoms with Gasteiger partial charge in [0.2, 0.25) is 0 Å². The van der Waals surface area contributed by atoms with Gasteiger partial charge in [-0.1, -0.05) is 158 Å². The Kier molecular flexibility index (Phi) is 7.18. The monoisotopic (exact) mass is 663 g/mol. The topological polar surface area (TPSA) is 12.5 Å². The van der Waals surface area contributed by atoms with Gasteiger partial charge >= 0.3 is 0 Å². The lowest BCUT2D eigenvalue weighted by molar-refractivity contribution is 0.487. The zero-order valence-corrected chi connectivity index (χ0v) is 28.4. The molecule has 2 nitrogen and oxygen atoms in total. The summed E-state index contributed by atoms with van der Waals surface area (Å²) in [6.07, 6.45) is 0.